The van der Waals surface area contributed by atoms with E-state index < -0.39 is 22.0 Å². The van der Waals surface area contributed by atoms with E-state index in [2.05, 4.69) is 10.0 Å². The normalized spacial score (nSPS) is 19.7. The molecule has 1 saturated carbocycles. The van der Waals surface area contributed by atoms with Crippen LogP contribution in [0.5, 0.6) is 0 Å². The Morgan fingerprint density at radius 1 is 1.19 bits per heavy atom. The molecule has 0 saturated heterocycles. The molecule has 138 valence electrons. The Kier molecular flexibility index (Phi) is 5.08. The zero-order valence-electron chi connectivity index (χ0n) is 14.1. The van der Waals surface area contributed by atoms with Gasteiger partial charge in [0.1, 0.15) is 5.82 Å². The van der Waals surface area contributed by atoms with Crippen molar-refractivity contribution in [1.82, 2.24) is 4.72 Å². The average Bonchev–Trinajstić information content (AvgIpc) is 2.57. The molecule has 3 N–H and O–H groups in total. The lowest BCUT2D eigenvalue weighted by Gasteiger charge is -2.31. The summed E-state index contributed by atoms with van der Waals surface area (Å²) in [6.45, 7) is 1.58. The number of aliphatic hydroxyl groups excluding tert-OH is 1. The molecule has 1 aliphatic carbocycles. The Bertz CT molecular complexity index is 940. The van der Waals surface area contributed by atoms with Crippen LogP contribution in [0.25, 0.3) is 0 Å². The van der Waals surface area contributed by atoms with Gasteiger partial charge in [-0.05, 0) is 61.7 Å². The van der Waals surface area contributed by atoms with E-state index in [-0.39, 0.29) is 22.3 Å². The summed E-state index contributed by atoms with van der Waals surface area (Å²) in [6, 6.07) is 9.55. The van der Waals surface area contributed by atoms with Crippen molar-refractivity contribution in [3.63, 3.8) is 0 Å². The highest BCUT2D eigenvalue weighted by atomic mass is 32.2. The first-order valence-corrected chi connectivity index (χ1v) is 9.61. The number of aliphatic hydroxyl groups is 1. The van der Waals surface area contributed by atoms with E-state index in [1.54, 1.807) is 6.92 Å². The van der Waals surface area contributed by atoms with Crippen LogP contribution in [-0.2, 0) is 10.0 Å². The number of benzene rings is 2. The molecular formula is C18H19FN2O4S. The molecule has 0 aromatic heterocycles. The van der Waals surface area contributed by atoms with Gasteiger partial charge in [0.15, 0.2) is 0 Å². The summed E-state index contributed by atoms with van der Waals surface area (Å²) in [4.78, 5) is 12.3. The van der Waals surface area contributed by atoms with Gasteiger partial charge in [-0.2, -0.15) is 0 Å². The predicted molar refractivity (Wildman–Crippen MR) is 94.9 cm³/mol. The van der Waals surface area contributed by atoms with Crippen molar-refractivity contribution in [2.45, 2.75) is 36.8 Å². The lowest BCUT2D eigenvalue weighted by Crippen LogP contribution is -2.46. The highest BCUT2D eigenvalue weighted by molar-refractivity contribution is 7.89. The Morgan fingerprint density at radius 3 is 2.58 bits per heavy atom. The first-order valence-electron chi connectivity index (χ1n) is 8.12. The summed E-state index contributed by atoms with van der Waals surface area (Å²) in [6.07, 6.45) is 0.283. The number of carbonyl (C=O) groups excluding carboxylic acids is 1. The summed E-state index contributed by atoms with van der Waals surface area (Å²) < 4.78 is 40.6. The maximum absolute atomic E-state index is 13.3. The molecule has 3 rings (SSSR count). The number of hydrogen-bond donors (Lipinski definition) is 3. The van der Waals surface area contributed by atoms with Crippen molar-refractivity contribution >= 4 is 21.6 Å². The molecule has 0 bridgehead atoms. The quantitative estimate of drug-likeness (QED) is 0.743. The van der Waals surface area contributed by atoms with Crippen LogP contribution in [0.4, 0.5) is 10.1 Å². The van der Waals surface area contributed by atoms with Crippen LogP contribution in [0.2, 0.25) is 0 Å². The molecule has 2 aromatic carbocycles. The lowest BCUT2D eigenvalue weighted by atomic mass is 9.91. The fourth-order valence-corrected chi connectivity index (χ4v) is 4.01. The summed E-state index contributed by atoms with van der Waals surface area (Å²) in [5.74, 6) is -0.865. The number of rotatable bonds is 5. The zero-order valence-corrected chi connectivity index (χ0v) is 14.9. The molecule has 8 heteroatoms. The average molecular weight is 378 g/mol. The van der Waals surface area contributed by atoms with Crippen LogP contribution >= 0.6 is 0 Å². The van der Waals surface area contributed by atoms with E-state index in [0.29, 0.717) is 24.1 Å². The van der Waals surface area contributed by atoms with Gasteiger partial charge in [-0.15, -0.1) is 0 Å². The van der Waals surface area contributed by atoms with Crippen molar-refractivity contribution in [2.24, 2.45) is 0 Å². The van der Waals surface area contributed by atoms with Gasteiger partial charge in [-0.1, -0.05) is 6.07 Å². The third-order valence-electron chi connectivity index (χ3n) is 4.26. The molecule has 1 fully saturated rings. The molecule has 0 atom stereocenters. The van der Waals surface area contributed by atoms with E-state index in [9.17, 15) is 22.7 Å². The molecule has 2 aromatic rings. The fourth-order valence-electron chi connectivity index (χ4n) is 2.70. The SMILES string of the molecule is Cc1cc(NC(=O)c2cccc(S(=O)(=O)NC3CC(O)C3)c2)ccc1F. The van der Waals surface area contributed by atoms with Crippen LogP contribution in [0.15, 0.2) is 47.4 Å². The van der Waals surface area contributed by atoms with Crippen LogP contribution < -0.4 is 10.0 Å². The van der Waals surface area contributed by atoms with Gasteiger partial charge >= 0.3 is 0 Å². The molecule has 0 spiro atoms. The van der Waals surface area contributed by atoms with E-state index >= 15 is 0 Å². The highest BCUT2D eigenvalue weighted by Gasteiger charge is 2.31. The number of anilines is 1. The highest BCUT2D eigenvalue weighted by Crippen LogP contribution is 2.22. The minimum atomic E-state index is -3.78. The van der Waals surface area contributed by atoms with Crippen LogP contribution in [0.3, 0.4) is 0 Å². The van der Waals surface area contributed by atoms with Crippen molar-refractivity contribution in [1.29, 1.82) is 0 Å². The van der Waals surface area contributed by atoms with Crippen molar-refractivity contribution in [3.8, 4) is 0 Å². The molecule has 0 heterocycles. The van der Waals surface area contributed by atoms with Gasteiger partial charge in [0.05, 0.1) is 11.0 Å². The molecule has 1 amide bonds. The minimum Gasteiger partial charge on any atom is -0.393 e. The Balaban J connectivity index is 1.75. The number of hydrogen-bond acceptors (Lipinski definition) is 4. The maximum Gasteiger partial charge on any atom is 0.255 e. The molecule has 0 unspecified atom stereocenters. The smallest absolute Gasteiger partial charge is 0.255 e. The maximum atomic E-state index is 13.3. The molecule has 0 aliphatic heterocycles. The third kappa shape index (κ3) is 4.09. The number of halogens is 1. The van der Waals surface area contributed by atoms with Gasteiger partial charge in [0.2, 0.25) is 10.0 Å². The van der Waals surface area contributed by atoms with Crippen molar-refractivity contribution in [2.75, 3.05) is 5.32 Å². The Labute approximate surface area is 151 Å². The monoisotopic (exact) mass is 378 g/mol. The van der Waals surface area contributed by atoms with E-state index in [1.807, 2.05) is 0 Å². The van der Waals surface area contributed by atoms with E-state index in [1.165, 1.54) is 42.5 Å². The number of carbonyl (C=O) groups is 1. The Hall–Kier alpha value is -2.29. The fraction of sp³-hybridized carbons (Fsp3) is 0.278. The first-order chi connectivity index (χ1) is 12.2. The van der Waals surface area contributed by atoms with Crippen molar-refractivity contribution in [3.05, 3.63) is 59.4 Å². The molecular weight excluding hydrogens is 359 g/mol. The number of nitrogens with one attached hydrogen (secondary N) is 2. The van der Waals surface area contributed by atoms with Gasteiger partial charge in [0.25, 0.3) is 5.91 Å². The topological polar surface area (TPSA) is 95.5 Å². The summed E-state index contributed by atoms with van der Waals surface area (Å²) in [7, 11) is -3.78. The molecule has 0 radical (unpaired) electrons. The van der Waals surface area contributed by atoms with E-state index in [4.69, 9.17) is 0 Å². The minimum absolute atomic E-state index is 0.0261. The van der Waals surface area contributed by atoms with Gasteiger partial charge in [-0.3, -0.25) is 4.79 Å². The number of sulfonamides is 1. The first kappa shape index (κ1) is 18.5. The molecule has 6 nitrogen and oxygen atoms in total. The van der Waals surface area contributed by atoms with Crippen LogP contribution in [-0.4, -0.2) is 31.6 Å². The van der Waals surface area contributed by atoms with Gasteiger partial charge in [0, 0.05) is 17.3 Å². The number of aryl methyl sites for hydroxylation is 1. The Morgan fingerprint density at radius 2 is 1.92 bits per heavy atom. The number of amides is 1. The van der Waals surface area contributed by atoms with Gasteiger partial charge in [-0.25, -0.2) is 17.5 Å². The van der Waals surface area contributed by atoms with Gasteiger partial charge < -0.3 is 10.4 Å². The second-order valence-corrected chi connectivity index (χ2v) is 8.10. The second-order valence-electron chi connectivity index (χ2n) is 6.39. The summed E-state index contributed by atoms with van der Waals surface area (Å²) in [5.41, 5.74) is 0.984. The van der Waals surface area contributed by atoms with Crippen LogP contribution in [0, 0.1) is 12.7 Å². The zero-order chi connectivity index (χ0) is 18.9. The van der Waals surface area contributed by atoms with E-state index in [0.717, 1.165) is 0 Å². The molecule has 1 aliphatic rings. The second kappa shape index (κ2) is 7.14. The third-order valence-corrected chi connectivity index (χ3v) is 5.78. The summed E-state index contributed by atoms with van der Waals surface area (Å²) in [5, 5.41) is 11.9. The summed E-state index contributed by atoms with van der Waals surface area (Å²) >= 11 is 0. The predicted octanol–water partition coefficient (Wildman–Crippen LogP) is 2.19. The largest absolute Gasteiger partial charge is 0.393 e. The van der Waals surface area contributed by atoms with Crippen molar-refractivity contribution < 1.29 is 22.7 Å². The lowest BCUT2D eigenvalue weighted by molar-refractivity contribution is 0.0712. The molecule has 26 heavy (non-hydrogen) atoms. The standard InChI is InChI=1S/C18H19FN2O4S/c1-11-7-13(5-6-17(11)19)20-18(23)12-3-2-4-16(8-12)26(24,25)21-14-9-15(22)10-14/h2-8,14-15,21-22H,9-10H2,1H3,(H,20,23). The van der Waals surface area contributed by atoms with Crippen LogP contribution in [0.1, 0.15) is 28.8 Å².